The minimum absolute atomic E-state index is 0.00260. The molecule has 0 unspecified atom stereocenters. The predicted octanol–water partition coefficient (Wildman–Crippen LogP) is 3.07. The summed E-state index contributed by atoms with van der Waals surface area (Å²) in [5.41, 5.74) is 1.97. The Morgan fingerprint density at radius 3 is 2.55 bits per heavy atom. The van der Waals surface area contributed by atoms with Gasteiger partial charge in [-0.15, -0.1) is 0 Å². The van der Waals surface area contributed by atoms with Gasteiger partial charge in [-0.1, -0.05) is 37.3 Å². The molecule has 1 aromatic carbocycles. The quantitative estimate of drug-likeness (QED) is 0.907. The standard InChI is InChI=1S/C16H19N3O/c1-3-16(20)18-14-9-10-15(17-11-14)19(2)12-13-7-5-4-6-8-13/h4-11H,3,12H2,1-2H3,(H,18,20). The highest BCUT2D eigenvalue weighted by atomic mass is 16.1. The molecule has 4 heteroatoms. The molecule has 1 aromatic heterocycles. The molecule has 0 aliphatic carbocycles. The van der Waals surface area contributed by atoms with Crippen molar-refractivity contribution in [1.29, 1.82) is 0 Å². The van der Waals surface area contributed by atoms with Crippen molar-refractivity contribution in [1.82, 2.24) is 4.98 Å². The Labute approximate surface area is 119 Å². The van der Waals surface area contributed by atoms with Crippen molar-refractivity contribution in [2.24, 2.45) is 0 Å². The number of nitrogens with one attached hydrogen (secondary N) is 1. The topological polar surface area (TPSA) is 45.2 Å². The lowest BCUT2D eigenvalue weighted by Gasteiger charge is -2.18. The molecule has 0 saturated heterocycles. The number of amides is 1. The Hall–Kier alpha value is -2.36. The van der Waals surface area contributed by atoms with Gasteiger partial charge in [0.25, 0.3) is 0 Å². The zero-order valence-corrected chi connectivity index (χ0v) is 11.8. The second kappa shape index (κ2) is 6.70. The van der Waals surface area contributed by atoms with E-state index in [1.807, 2.05) is 44.3 Å². The molecule has 0 saturated carbocycles. The molecule has 1 amide bonds. The highest BCUT2D eigenvalue weighted by Crippen LogP contribution is 2.15. The number of aromatic nitrogens is 1. The Bertz CT molecular complexity index is 552. The molecule has 0 aliphatic heterocycles. The SMILES string of the molecule is CCC(=O)Nc1ccc(N(C)Cc2ccccc2)nc1. The van der Waals surface area contributed by atoms with Crippen LogP contribution in [0, 0.1) is 0 Å². The first kappa shape index (κ1) is 14.1. The zero-order valence-electron chi connectivity index (χ0n) is 11.8. The number of benzene rings is 1. The second-order valence-corrected chi connectivity index (χ2v) is 4.65. The van der Waals surface area contributed by atoms with E-state index in [1.165, 1.54) is 5.56 Å². The highest BCUT2D eigenvalue weighted by Gasteiger charge is 2.04. The van der Waals surface area contributed by atoms with Crippen LogP contribution in [0.1, 0.15) is 18.9 Å². The smallest absolute Gasteiger partial charge is 0.224 e. The van der Waals surface area contributed by atoms with Gasteiger partial charge in [-0.2, -0.15) is 0 Å². The number of nitrogens with zero attached hydrogens (tertiary/aromatic N) is 2. The van der Waals surface area contributed by atoms with E-state index in [2.05, 4.69) is 27.3 Å². The first-order chi connectivity index (χ1) is 9.69. The average Bonchev–Trinajstić information content (AvgIpc) is 2.49. The van der Waals surface area contributed by atoms with Crippen LogP contribution >= 0.6 is 0 Å². The van der Waals surface area contributed by atoms with Crippen LogP contribution in [0.5, 0.6) is 0 Å². The molecule has 0 radical (unpaired) electrons. The summed E-state index contributed by atoms with van der Waals surface area (Å²) in [6, 6.07) is 14.0. The summed E-state index contributed by atoms with van der Waals surface area (Å²) in [4.78, 5) is 17.7. The molecule has 2 rings (SSSR count). The maximum atomic E-state index is 11.3. The Kier molecular flexibility index (Phi) is 4.71. The molecule has 0 spiro atoms. The van der Waals surface area contributed by atoms with Crippen molar-refractivity contribution >= 4 is 17.4 Å². The molecular formula is C16H19N3O. The van der Waals surface area contributed by atoms with Gasteiger partial charge in [0.05, 0.1) is 11.9 Å². The van der Waals surface area contributed by atoms with Gasteiger partial charge < -0.3 is 10.2 Å². The lowest BCUT2D eigenvalue weighted by atomic mass is 10.2. The largest absolute Gasteiger partial charge is 0.355 e. The monoisotopic (exact) mass is 269 g/mol. The first-order valence-corrected chi connectivity index (χ1v) is 6.70. The van der Waals surface area contributed by atoms with E-state index in [1.54, 1.807) is 6.20 Å². The molecule has 20 heavy (non-hydrogen) atoms. The summed E-state index contributed by atoms with van der Waals surface area (Å²) in [6.07, 6.45) is 2.15. The number of pyridine rings is 1. The Balaban J connectivity index is 2.00. The van der Waals surface area contributed by atoms with Gasteiger partial charge in [0.1, 0.15) is 5.82 Å². The molecule has 4 nitrogen and oxygen atoms in total. The number of anilines is 2. The van der Waals surface area contributed by atoms with E-state index in [9.17, 15) is 4.79 Å². The minimum Gasteiger partial charge on any atom is -0.355 e. The highest BCUT2D eigenvalue weighted by molar-refractivity contribution is 5.90. The van der Waals surface area contributed by atoms with Gasteiger partial charge in [0.2, 0.25) is 5.91 Å². The van der Waals surface area contributed by atoms with E-state index < -0.39 is 0 Å². The van der Waals surface area contributed by atoms with E-state index in [-0.39, 0.29) is 5.91 Å². The third-order valence-corrected chi connectivity index (χ3v) is 3.01. The minimum atomic E-state index is -0.00260. The Morgan fingerprint density at radius 1 is 1.20 bits per heavy atom. The molecule has 2 aromatic rings. The maximum Gasteiger partial charge on any atom is 0.224 e. The second-order valence-electron chi connectivity index (χ2n) is 4.65. The summed E-state index contributed by atoms with van der Waals surface area (Å²) in [5.74, 6) is 0.876. The van der Waals surface area contributed by atoms with Crippen LogP contribution < -0.4 is 10.2 Å². The zero-order chi connectivity index (χ0) is 14.4. The van der Waals surface area contributed by atoms with Crippen LogP contribution in [0.25, 0.3) is 0 Å². The fourth-order valence-corrected chi connectivity index (χ4v) is 1.87. The summed E-state index contributed by atoms with van der Waals surface area (Å²) in [7, 11) is 2.00. The van der Waals surface area contributed by atoms with E-state index in [4.69, 9.17) is 0 Å². The normalized spacial score (nSPS) is 10.1. The van der Waals surface area contributed by atoms with Crippen molar-refractivity contribution in [3.8, 4) is 0 Å². The molecule has 0 fully saturated rings. The van der Waals surface area contributed by atoms with Gasteiger partial charge in [-0.3, -0.25) is 4.79 Å². The van der Waals surface area contributed by atoms with Crippen LogP contribution in [0.15, 0.2) is 48.7 Å². The van der Waals surface area contributed by atoms with Gasteiger partial charge in [0, 0.05) is 20.0 Å². The van der Waals surface area contributed by atoms with Crippen LogP contribution in [0.4, 0.5) is 11.5 Å². The molecule has 0 atom stereocenters. The molecule has 0 bridgehead atoms. The van der Waals surface area contributed by atoms with Crippen LogP contribution in [-0.4, -0.2) is 17.9 Å². The predicted molar refractivity (Wildman–Crippen MR) is 81.7 cm³/mol. The fourth-order valence-electron chi connectivity index (χ4n) is 1.87. The Morgan fingerprint density at radius 2 is 1.95 bits per heavy atom. The average molecular weight is 269 g/mol. The molecular weight excluding hydrogens is 250 g/mol. The first-order valence-electron chi connectivity index (χ1n) is 6.70. The maximum absolute atomic E-state index is 11.3. The molecule has 104 valence electrons. The number of rotatable bonds is 5. The third-order valence-electron chi connectivity index (χ3n) is 3.01. The van der Waals surface area contributed by atoms with Gasteiger partial charge >= 0.3 is 0 Å². The van der Waals surface area contributed by atoms with Crippen molar-refractivity contribution in [2.75, 3.05) is 17.3 Å². The third kappa shape index (κ3) is 3.82. The van der Waals surface area contributed by atoms with E-state index in [0.29, 0.717) is 6.42 Å². The van der Waals surface area contributed by atoms with Crippen molar-refractivity contribution in [2.45, 2.75) is 19.9 Å². The lowest BCUT2D eigenvalue weighted by molar-refractivity contribution is -0.115. The number of carbonyl (C=O) groups is 1. The molecule has 1 N–H and O–H groups in total. The van der Waals surface area contributed by atoms with Crippen molar-refractivity contribution in [3.05, 3.63) is 54.2 Å². The molecule has 0 aliphatic rings. The molecule has 1 heterocycles. The van der Waals surface area contributed by atoms with Crippen LogP contribution in [0.3, 0.4) is 0 Å². The number of hydrogen-bond acceptors (Lipinski definition) is 3. The summed E-state index contributed by atoms with van der Waals surface area (Å²) >= 11 is 0. The van der Waals surface area contributed by atoms with Crippen LogP contribution in [-0.2, 0) is 11.3 Å². The summed E-state index contributed by atoms with van der Waals surface area (Å²) in [6.45, 7) is 2.62. The van der Waals surface area contributed by atoms with Gasteiger partial charge in [-0.05, 0) is 17.7 Å². The fraction of sp³-hybridized carbons (Fsp3) is 0.250. The number of hydrogen-bond donors (Lipinski definition) is 1. The van der Waals surface area contributed by atoms with Crippen molar-refractivity contribution in [3.63, 3.8) is 0 Å². The summed E-state index contributed by atoms with van der Waals surface area (Å²) in [5, 5.41) is 2.79. The van der Waals surface area contributed by atoms with E-state index >= 15 is 0 Å². The van der Waals surface area contributed by atoms with Gasteiger partial charge in [0.15, 0.2) is 0 Å². The lowest BCUT2D eigenvalue weighted by Crippen LogP contribution is -2.17. The number of carbonyl (C=O) groups excluding carboxylic acids is 1. The van der Waals surface area contributed by atoms with Gasteiger partial charge in [-0.25, -0.2) is 4.98 Å². The van der Waals surface area contributed by atoms with Crippen LogP contribution in [0.2, 0.25) is 0 Å². The van der Waals surface area contributed by atoms with E-state index in [0.717, 1.165) is 18.1 Å². The summed E-state index contributed by atoms with van der Waals surface area (Å²) < 4.78 is 0. The van der Waals surface area contributed by atoms with Crippen molar-refractivity contribution < 1.29 is 4.79 Å².